The van der Waals surface area contributed by atoms with Gasteiger partial charge in [-0.15, -0.1) is 0 Å². The summed E-state index contributed by atoms with van der Waals surface area (Å²) in [5.41, 5.74) is 1.31. The molecule has 2 N–H and O–H groups in total. The number of nitrogens with one attached hydrogen (secondary N) is 1. The summed E-state index contributed by atoms with van der Waals surface area (Å²) in [6, 6.07) is 11.2. The molecule has 1 aliphatic heterocycles. The molecule has 11 nitrogen and oxygen atoms in total. The van der Waals surface area contributed by atoms with Crippen molar-refractivity contribution in [2.45, 2.75) is 38.5 Å². The first-order chi connectivity index (χ1) is 17.5. The Labute approximate surface area is 213 Å². The highest BCUT2D eigenvalue weighted by Crippen LogP contribution is 2.28. The first kappa shape index (κ1) is 27.7. The van der Waals surface area contributed by atoms with Crippen molar-refractivity contribution in [2.24, 2.45) is 0 Å². The number of hydrogen-bond donors (Lipinski definition) is 2. The second kappa shape index (κ2) is 11.9. The topological polar surface area (TPSA) is 143 Å². The Morgan fingerprint density at radius 3 is 2.30 bits per heavy atom. The van der Waals surface area contributed by atoms with Crippen molar-refractivity contribution < 1.29 is 41.8 Å². The maximum atomic E-state index is 13.2. The second-order valence-corrected chi connectivity index (χ2v) is 10.0. The lowest BCUT2D eigenvalue weighted by Crippen LogP contribution is -2.43. The maximum absolute atomic E-state index is 13.2. The molecule has 2 amide bonds. The molecule has 2 aromatic carbocycles. The van der Waals surface area contributed by atoms with Gasteiger partial charge in [0, 0.05) is 6.42 Å². The smallest absolute Gasteiger partial charge is 0.407 e. The second-order valence-electron chi connectivity index (χ2n) is 8.27. The van der Waals surface area contributed by atoms with Crippen LogP contribution in [-0.2, 0) is 37.5 Å². The van der Waals surface area contributed by atoms with Crippen LogP contribution in [0.3, 0.4) is 0 Å². The van der Waals surface area contributed by atoms with Crippen LogP contribution >= 0.6 is 0 Å². The Morgan fingerprint density at radius 1 is 1.11 bits per heavy atom. The molecule has 0 aliphatic carbocycles. The van der Waals surface area contributed by atoms with Crippen molar-refractivity contribution >= 4 is 33.9 Å². The number of rotatable bonds is 11. The Hall–Kier alpha value is -3.87. The highest BCUT2D eigenvalue weighted by atomic mass is 32.2. The molecule has 1 heterocycles. The highest BCUT2D eigenvalue weighted by Gasteiger charge is 2.42. The number of aliphatic carboxylic acids is 1. The first-order valence-electron chi connectivity index (χ1n) is 11.4. The Kier molecular flexibility index (Phi) is 8.92. The number of benzene rings is 2. The number of amides is 2. The molecule has 200 valence electrons. The number of alkyl halides is 1. The predicted molar refractivity (Wildman–Crippen MR) is 131 cm³/mol. The van der Waals surface area contributed by atoms with Gasteiger partial charge in [0.1, 0.15) is 31.1 Å². The molecule has 1 aliphatic rings. The molecule has 1 saturated heterocycles. The van der Waals surface area contributed by atoms with E-state index in [1.54, 1.807) is 31.2 Å². The van der Waals surface area contributed by atoms with Crippen LogP contribution in [0.1, 0.15) is 24.5 Å². The Morgan fingerprint density at radius 2 is 1.73 bits per heavy atom. The van der Waals surface area contributed by atoms with E-state index in [1.165, 1.54) is 31.4 Å². The fourth-order valence-electron chi connectivity index (χ4n) is 3.52. The molecular weight excluding hydrogens is 509 g/mol. The van der Waals surface area contributed by atoms with Crippen LogP contribution < -0.4 is 14.4 Å². The van der Waals surface area contributed by atoms with Crippen LogP contribution in [0.25, 0.3) is 0 Å². The minimum absolute atomic E-state index is 0.132. The summed E-state index contributed by atoms with van der Waals surface area (Å²) in [7, 11) is -2.63. The van der Waals surface area contributed by atoms with Gasteiger partial charge >= 0.3 is 22.3 Å². The van der Waals surface area contributed by atoms with E-state index in [4.69, 9.17) is 9.47 Å². The standard InChI is InChI=1S/C24H28FN3O8S/c1-3-18(25)15-36-24(32)26-21(23(30)31)12-16-4-8-19(9-5-16)27-14-22(29)28(37(27,33)34)13-17-6-10-20(35-2)11-7-17/h4-11,18,21H,3,12-15H2,1-2H3,(H,26,32)(H,30,31). The maximum Gasteiger partial charge on any atom is 0.407 e. The van der Waals surface area contributed by atoms with Gasteiger partial charge in [0.15, 0.2) is 0 Å². The van der Waals surface area contributed by atoms with Crippen molar-refractivity contribution in [1.82, 2.24) is 9.62 Å². The van der Waals surface area contributed by atoms with Gasteiger partial charge in [-0.2, -0.15) is 8.42 Å². The normalized spacial score (nSPS) is 16.2. The van der Waals surface area contributed by atoms with E-state index in [0.29, 0.717) is 16.9 Å². The minimum atomic E-state index is -4.14. The third-order valence-corrected chi connectivity index (χ3v) is 7.48. The number of anilines is 1. The van der Waals surface area contributed by atoms with Crippen LogP contribution in [-0.4, -0.2) is 68.3 Å². The van der Waals surface area contributed by atoms with Crippen LogP contribution in [0.4, 0.5) is 14.9 Å². The molecule has 37 heavy (non-hydrogen) atoms. The van der Waals surface area contributed by atoms with Crippen molar-refractivity contribution in [3.63, 3.8) is 0 Å². The number of halogens is 1. The molecule has 1 fully saturated rings. The van der Waals surface area contributed by atoms with Crippen molar-refractivity contribution in [2.75, 3.05) is 24.6 Å². The van der Waals surface area contributed by atoms with E-state index in [0.717, 1.165) is 8.61 Å². The lowest BCUT2D eigenvalue weighted by Gasteiger charge is -2.20. The molecule has 3 rings (SSSR count). The first-order valence-corrected chi connectivity index (χ1v) is 12.8. The van der Waals surface area contributed by atoms with E-state index in [9.17, 15) is 32.3 Å². The average Bonchev–Trinajstić information content (AvgIpc) is 3.10. The summed E-state index contributed by atoms with van der Waals surface area (Å²) in [5.74, 6) is -1.31. The molecular formula is C24H28FN3O8S. The molecule has 0 saturated carbocycles. The van der Waals surface area contributed by atoms with Crippen LogP contribution in [0.5, 0.6) is 5.75 Å². The molecule has 0 radical (unpaired) electrons. The van der Waals surface area contributed by atoms with Crippen LogP contribution in [0, 0.1) is 0 Å². The largest absolute Gasteiger partial charge is 0.497 e. The van der Waals surface area contributed by atoms with Gasteiger partial charge in [0.25, 0.3) is 5.91 Å². The van der Waals surface area contributed by atoms with Crippen LogP contribution in [0.15, 0.2) is 48.5 Å². The monoisotopic (exact) mass is 537 g/mol. The molecule has 0 spiro atoms. The Bertz CT molecular complexity index is 1220. The van der Waals surface area contributed by atoms with Gasteiger partial charge in [-0.3, -0.25) is 4.79 Å². The van der Waals surface area contributed by atoms with E-state index in [-0.39, 0.29) is 31.6 Å². The fraction of sp³-hybridized carbons (Fsp3) is 0.375. The van der Waals surface area contributed by atoms with Gasteiger partial charge in [0.2, 0.25) is 0 Å². The summed E-state index contributed by atoms with van der Waals surface area (Å²) in [6.45, 7) is 0.582. The molecule has 2 aromatic rings. The SMILES string of the molecule is CCC(F)COC(=O)NC(Cc1ccc(N2CC(=O)N(Cc3ccc(OC)cc3)S2(=O)=O)cc1)C(=O)O. The predicted octanol–water partition coefficient (Wildman–Crippen LogP) is 2.26. The zero-order valence-corrected chi connectivity index (χ0v) is 21.1. The van der Waals surface area contributed by atoms with Gasteiger partial charge in [-0.1, -0.05) is 31.2 Å². The summed E-state index contributed by atoms with van der Waals surface area (Å²) in [5, 5.41) is 11.6. The minimum Gasteiger partial charge on any atom is -0.497 e. The number of carbonyl (C=O) groups is 3. The zero-order chi connectivity index (χ0) is 27.2. The third kappa shape index (κ3) is 6.88. The number of alkyl carbamates (subject to hydrolysis) is 1. The summed E-state index contributed by atoms with van der Waals surface area (Å²) in [4.78, 5) is 35.9. The van der Waals surface area contributed by atoms with E-state index in [1.807, 2.05) is 0 Å². The van der Waals surface area contributed by atoms with Gasteiger partial charge < -0.3 is 19.9 Å². The van der Waals surface area contributed by atoms with E-state index < -0.39 is 47.0 Å². The average molecular weight is 538 g/mol. The summed E-state index contributed by atoms with van der Waals surface area (Å²) < 4.78 is 50.9. The number of carboxylic acids is 1. The lowest BCUT2D eigenvalue weighted by molar-refractivity contribution is -0.139. The zero-order valence-electron chi connectivity index (χ0n) is 20.3. The van der Waals surface area contributed by atoms with Crippen molar-refractivity contribution in [1.29, 1.82) is 0 Å². The molecule has 2 unspecified atom stereocenters. The number of carbonyl (C=O) groups excluding carboxylic acids is 2. The van der Waals surface area contributed by atoms with Gasteiger partial charge in [-0.05, 0) is 41.8 Å². The van der Waals surface area contributed by atoms with E-state index in [2.05, 4.69) is 5.32 Å². The quantitative estimate of drug-likeness (QED) is 0.445. The third-order valence-electron chi connectivity index (χ3n) is 5.69. The van der Waals surface area contributed by atoms with Gasteiger partial charge in [-0.25, -0.2) is 22.6 Å². The number of ether oxygens (including phenoxy) is 2. The van der Waals surface area contributed by atoms with Gasteiger partial charge in [0.05, 0.1) is 19.3 Å². The molecule has 0 aromatic heterocycles. The number of carboxylic acid groups (broad SMARTS) is 1. The van der Waals surface area contributed by atoms with Crippen molar-refractivity contribution in [3.05, 3.63) is 59.7 Å². The lowest BCUT2D eigenvalue weighted by atomic mass is 10.1. The number of hydrogen-bond acceptors (Lipinski definition) is 7. The molecule has 2 atom stereocenters. The number of methoxy groups -OCH3 is 1. The molecule has 0 bridgehead atoms. The summed E-state index contributed by atoms with van der Waals surface area (Å²) >= 11 is 0. The summed E-state index contributed by atoms with van der Waals surface area (Å²) in [6.07, 6.45) is -2.38. The van der Waals surface area contributed by atoms with Crippen molar-refractivity contribution in [3.8, 4) is 5.75 Å². The fourth-order valence-corrected chi connectivity index (χ4v) is 5.05. The highest BCUT2D eigenvalue weighted by molar-refractivity contribution is 7.91. The molecule has 13 heteroatoms. The Balaban J connectivity index is 1.67. The number of nitrogens with zero attached hydrogens (tertiary/aromatic N) is 2. The van der Waals surface area contributed by atoms with Crippen LogP contribution in [0.2, 0.25) is 0 Å². The van der Waals surface area contributed by atoms with E-state index >= 15 is 0 Å².